The molecule has 0 aliphatic rings. The smallest absolute Gasteiger partial charge is 0.296 e. The summed E-state index contributed by atoms with van der Waals surface area (Å²) in [6, 6.07) is 7.67. The molecule has 0 fully saturated rings. The van der Waals surface area contributed by atoms with E-state index in [1.54, 1.807) is 0 Å². The maximum absolute atomic E-state index is 13.3. The fraction of sp³-hybridized carbons (Fsp3) is 0.176. The third-order valence-electron chi connectivity index (χ3n) is 3.94. The Balaban J connectivity index is 2.09. The number of halogens is 4. The van der Waals surface area contributed by atoms with E-state index in [1.165, 1.54) is 25.2 Å². The fourth-order valence-corrected chi connectivity index (χ4v) is 2.60. The molecule has 25 heavy (non-hydrogen) atoms. The van der Waals surface area contributed by atoms with Gasteiger partial charge in [0.25, 0.3) is 5.56 Å². The Kier molecular flexibility index (Phi) is 3.98. The summed E-state index contributed by atoms with van der Waals surface area (Å²) in [6.45, 7) is -0.184. The minimum absolute atomic E-state index is 0.149. The highest BCUT2D eigenvalue weighted by Crippen LogP contribution is 2.29. The molecule has 0 aliphatic carbocycles. The molecule has 0 aliphatic heterocycles. The molecule has 0 unspecified atom stereocenters. The molecule has 4 nitrogen and oxygen atoms in total. The van der Waals surface area contributed by atoms with Crippen LogP contribution in [-0.2, 0) is 19.8 Å². The van der Waals surface area contributed by atoms with Crippen molar-refractivity contribution >= 4 is 10.9 Å². The number of hydrogen-bond acceptors (Lipinski definition) is 2. The Morgan fingerprint density at radius 1 is 1.00 bits per heavy atom. The second kappa shape index (κ2) is 5.87. The average molecular weight is 352 g/mol. The summed E-state index contributed by atoms with van der Waals surface area (Å²) < 4.78 is 53.2. The van der Waals surface area contributed by atoms with E-state index in [0.29, 0.717) is 5.56 Å². The Hall–Kier alpha value is -2.90. The quantitative estimate of drug-likeness (QED) is 0.666. The summed E-state index contributed by atoms with van der Waals surface area (Å²) in [6.07, 6.45) is -4.46. The van der Waals surface area contributed by atoms with E-state index < -0.39 is 28.8 Å². The number of alkyl halides is 3. The van der Waals surface area contributed by atoms with Gasteiger partial charge in [-0.05, 0) is 35.9 Å². The van der Waals surface area contributed by atoms with E-state index in [2.05, 4.69) is 0 Å². The zero-order chi connectivity index (χ0) is 18.4. The van der Waals surface area contributed by atoms with E-state index in [4.69, 9.17) is 0 Å². The molecule has 0 bridgehead atoms. The first-order valence-corrected chi connectivity index (χ1v) is 7.24. The summed E-state index contributed by atoms with van der Waals surface area (Å²) >= 11 is 0. The molecular weight excluding hydrogens is 340 g/mol. The molecular formula is C17H12F4N2O2. The Bertz CT molecular complexity index is 1060. The molecule has 1 aromatic heterocycles. The molecule has 8 heteroatoms. The Labute approximate surface area is 138 Å². The minimum atomic E-state index is -4.46. The van der Waals surface area contributed by atoms with Crippen molar-refractivity contribution < 1.29 is 17.6 Å². The lowest BCUT2D eigenvalue weighted by Gasteiger charge is -2.12. The van der Waals surface area contributed by atoms with Crippen LogP contribution in [0.3, 0.4) is 0 Å². The van der Waals surface area contributed by atoms with Crippen molar-refractivity contribution in [2.75, 3.05) is 0 Å². The zero-order valence-corrected chi connectivity index (χ0v) is 13.0. The van der Waals surface area contributed by atoms with Gasteiger partial charge in [-0.1, -0.05) is 12.1 Å². The maximum Gasteiger partial charge on any atom is 0.416 e. The monoisotopic (exact) mass is 352 g/mol. The van der Waals surface area contributed by atoms with Crippen LogP contribution in [0.1, 0.15) is 11.1 Å². The van der Waals surface area contributed by atoms with E-state index in [0.717, 1.165) is 33.4 Å². The Morgan fingerprint density at radius 2 is 1.64 bits per heavy atom. The van der Waals surface area contributed by atoms with Crippen molar-refractivity contribution in [2.45, 2.75) is 12.7 Å². The lowest BCUT2D eigenvalue weighted by atomic mass is 10.1. The highest BCUT2D eigenvalue weighted by molar-refractivity contribution is 5.77. The number of rotatable bonds is 2. The minimum Gasteiger partial charge on any atom is -0.296 e. The Morgan fingerprint density at radius 3 is 2.24 bits per heavy atom. The topological polar surface area (TPSA) is 44.0 Å². The number of aryl methyl sites for hydroxylation is 1. The number of benzene rings is 2. The van der Waals surface area contributed by atoms with Crippen LogP contribution in [0.2, 0.25) is 0 Å². The van der Waals surface area contributed by atoms with Crippen molar-refractivity contribution in [1.82, 2.24) is 9.13 Å². The van der Waals surface area contributed by atoms with Crippen LogP contribution in [0.15, 0.2) is 52.1 Å². The summed E-state index contributed by atoms with van der Waals surface area (Å²) in [5.74, 6) is -0.581. The highest BCUT2D eigenvalue weighted by atomic mass is 19.4. The van der Waals surface area contributed by atoms with Gasteiger partial charge in [0.15, 0.2) is 0 Å². The van der Waals surface area contributed by atoms with Crippen LogP contribution < -0.4 is 11.2 Å². The summed E-state index contributed by atoms with van der Waals surface area (Å²) in [4.78, 5) is 24.9. The normalized spacial score (nSPS) is 11.9. The SMILES string of the molecule is Cn1c(=O)n(Cc2ccc(C(F)(F)F)cc2)c(=O)c2ccc(F)cc21. The van der Waals surface area contributed by atoms with Crippen molar-refractivity contribution in [3.05, 3.63) is 80.2 Å². The predicted molar refractivity (Wildman–Crippen MR) is 84.0 cm³/mol. The van der Waals surface area contributed by atoms with Gasteiger partial charge in [0.2, 0.25) is 0 Å². The molecule has 0 N–H and O–H groups in total. The second-order valence-corrected chi connectivity index (χ2v) is 5.59. The number of aromatic nitrogens is 2. The molecule has 0 radical (unpaired) electrons. The number of hydrogen-bond donors (Lipinski definition) is 0. The maximum atomic E-state index is 13.3. The van der Waals surface area contributed by atoms with Gasteiger partial charge in [-0.2, -0.15) is 13.2 Å². The standard InChI is InChI=1S/C17H12F4N2O2/c1-22-14-8-12(18)6-7-13(14)15(24)23(16(22)25)9-10-2-4-11(5-3-10)17(19,20)21/h2-8H,9H2,1H3. The highest BCUT2D eigenvalue weighted by Gasteiger charge is 2.29. The predicted octanol–water partition coefficient (Wildman–Crippen LogP) is 2.91. The molecule has 2 aromatic carbocycles. The van der Waals surface area contributed by atoms with Crippen LogP contribution >= 0.6 is 0 Å². The molecule has 130 valence electrons. The largest absolute Gasteiger partial charge is 0.416 e. The third-order valence-corrected chi connectivity index (χ3v) is 3.94. The molecule has 3 rings (SSSR count). The van der Waals surface area contributed by atoms with Crippen molar-refractivity contribution in [3.8, 4) is 0 Å². The van der Waals surface area contributed by atoms with E-state index in [1.807, 2.05) is 0 Å². The average Bonchev–Trinajstić information content (AvgIpc) is 2.56. The molecule has 0 saturated carbocycles. The first-order chi connectivity index (χ1) is 11.7. The summed E-state index contributed by atoms with van der Waals surface area (Å²) in [7, 11) is 1.40. The van der Waals surface area contributed by atoms with Crippen molar-refractivity contribution in [3.63, 3.8) is 0 Å². The first-order valence-electron chi connectivity index (χ1n) is 7.24. The second-order valence-electron chi connectivity index (χ2n) is 5.59. The lowest BCUT2D eigenvalue weighted by Crippen LogP contribution is -2.39. The van der Waals surface area contributed by atoms with Crippen LogP contribution in [0.5, 0.6) is 0 Å². The van der Waals surface area contributed by atoms with Gasteiger partial charge >= 0.3 is 11.9 Å². The molecule has 3 aromatic rings. The first kappa shape index (κ1) is 16.9. The van der Waals surface area contributed by atoms with Crippen molar-refractivity contribution in [2.24, 2.45) is 7.05 Å². The van der Waals surface area contributed by atoms with Crippen LogP contribution in [0, 0.1) is 5.82 Å². The van der Waals surface area contributed by atoms with E-state index >= 15 is 0 Å². The fourth-order valence-electron chi connectivity index (χ4n) is 2.60. The van der Waals surface area contributed by atoms with Crippen LogP contribution in [0.4, 0.5) is 17.6 Å². The van der Waals surface area contributed by atoms with Gasteiger partial charge in [-0.25, -0.2) is 9.18 Å². The summed E-state index contributed by atoms with van der Waals surface area (Å²) in [5, 5.41) is 0.149. The molecule has 0 spiro atoms. The van der Waals surface area contributed by atoms with Gasteiger partial charge < -0.3 is 0 Å². The van der Waals surface area contributed by atoms with Gasteiger partial charge in [-0.3, -0.25) is 13.9 Å². The summed E-state index contributed by atoms with van der Waals surface area (Å²) in [5.41, 5.74) is -1.60. The van der Waals surface area contributed by atoms with Gasteiger partial charge in [0.05, 0.1) is 23.0 Å². The zero-order valence-electron chi connectivity index (χ0n) is 13.0. The van der Waals surface area contributed by atoms with Crippen molar-refractivity contribution in [1.29, 1.82) is 0 Å². The third kappa shape index (κ3) is 3.07. The molecule has 0 saturated heterocycles. The van der Waals surface area contributed by atoms with E-state index in [-0.39, 0.29) is 17.4 Å². The van der Waals surface area contributed by atoms with Gasteiger partial charge in [0, 0.05) is 7.05 Å². The van der Waals surface area contributed by atoms with E-state index in [9.17, 15) is 27.2 Å². The van der Waals surface area contributed by atoms with Crippen LogP contribution in [0.25, 0.3) is 10.9 Å². The number of fused-ring (bicyclic) bond motifs is 1. The molecule has 1 heterocycles. The van der Waals surface area contributed by atoms with Crippen LogP contribution in [-0.4, -0.2) is 9.13 Å². The lowest BCUT2D eigenvalue weighted by molar-refractivity contribution is -0.137. The molecule has 0 amide bonds. The van der Waals surface area contributed by atoms with Gasteiger partial charge in [-0.15, -0.1) is 0 Å². The number of nitrogens with zero attached hydrogens (tertiary/aromatic N) is 2. The molecule has 0 atom stereocenters. The van der Waals surface area contributed by atoms with Gasteiger partial charge in [0.1, 0.15) is 5.82 Å².